The van der Waals surface area contributed by atoms with Crippen molar-refractivity contribution in [2.45, 2.75) is 6.54 Å². The van der Waals surface area contributed by atoms with Crippen LogP contribution in [0.5, 0.6) is 0 Å². The Morgan fingerprint density at radius 2 is 2.22 bits per heavy atom. The van der Waals surface area contributed by atoms with Gasteiger partial charge in [0.25, 0.3) is 0 Å². The van der Waals surface area contributed by atoms with E-state index in [0.29, 0.717) is 12.2 Å². The summed E-state index contributed by atoms with van der Waals surface area (Å²) in [4.78, 5) is 7.91. The first-order valence-electron chi connectivity index (χ1n) is 5.25. The summed E-state index contributed by atoms with van der Waals surface area (Å²) in [6, 6.07) is 6.41. The minimum Gasteiger partial charge on any atom is -0.389 e. The number of halogens is 1. The zero-order valence-electron chi connectivity index (χ0n) is 9.43. The van der Waals surface area contributed by atoms with E-state index in [0.717, 1.165) is 5.69 Å². The Balaban J connectivity index is 2.20. The number of thiocarbonyl (C=S) groups is 1. The average molecular weight is 262 g/mol. The number of rotatable bonds is 4. The highest BCUT2D eigenvalue weighted by molar-refractivity contribution is 7.80. The lowest BCUT2D eigenvalue weighted by Gasteiger charge is -2.11. The summed E-state index contributed by atoms with van der Waals surface area (Å²) in [5.74, 6) is -0.435. The third-order valence-corrected chi connectivity index (χ3v) is 2.57. The van der Waals surface area contributed by atoms with Gasteiger partial charge in [0.15, 0.2) is 0 Å². The van der Waals surface area contributed by atoms with Gasteiger partial charge in [0.1, 0.15) is 17.1 Å². The van der Waals surface area contributed by atoms with Crippen LogP contribution in [0.3, 0.4) is 0 Å². The molecular formula is C12H11FN4S. The molecule has 0 saturated carbocycles. The van der Waals surface area contributed by atoms with Gasteiger partial charge in [0, 0.05) is 11.9 Å². The molecule has 0 aliphatic carbocycles. The Bertz CT molecular complexity index is 559. The summed E-state index contributed by atoms with van der Waals surface area (Å²) in [6.45, 7) is 0.446. The maximum Gasteiger partial charge on any atom is 0.135 e. The van der Waals surface area contributed by atoms with Gasteiger partial charge in [-0.1, -0.05) is 18.3 Å². The first-order chi connectivity index (χ1) is 8.68. The Hall–Kier alpha value is -2.08. The summed E-state index contributed by atoms with van der Waals surface area (Å²) in [5, 5.41) is 3.05. The Kier molecular flexibility index (Phi) is 3.78. The summed E-state index contributed by atoms with van der Waals surface area (Å²) in [6.07, 6.45) is 3.10. The van der Waals surface area contributed by atoms with Gasteiger partial charge < -0.3 is 11.1 Å². The van der Waals surface area contributed by atoms with Crippen molar-refractivity contribution in [1.82, 2.24) is 9.97 Å². The van der Waals surface area contributed by atoms with E-state index in [9.17, 15) is 4.39 Å². The van der Waals surface area contributed by atoms with Gasteiger partial charge in [0.2, 0.25) is 0 Å². The molecule has 0 bridgehead atoms. The number of nitrogens with zero attached hydrogens (tertiary/aromatic N) is 2. The first kappa shape index (κ1) is 12.4. The zero-order valence-corrected chi connectivity index (χ0v) is 10.2. The average Bonchev–Trinajstić information content (AvgIpc) is 2.37. The predicted molar refractivity (Wildman–Crippen MR) is 71.6 cm³/mol. The smallest absolute Gasteiger partial charge is 0.135 e. The van der Waals surface area contributed by atoms with Gasteiger partial charge in [0.05, 0.1) is 17.8 Å². The third-order valence-electron chi connectivity index (χ3n) is 2.36. The number of benzene rings is 1. The van der Waals surface area contributed by atoms with Crippen LogP contribution in [0.1, 0.15) is 11.3 Å². The van der Waals surface area contributed by atoms with Crippen molar-refractivity contribution in [3.8, 4) is 0 Å². The number of nitrogens with one attached hydrogen (secondary N) is 1. The molecule has 1 aromatic carbocycles. The molecule has 0 aliphatic heterocycles. The van der Waals surface area contributed by atoms with E-state index in [-0.39, 0.29) is 10.6 Å². The molecule has 0 saturated heterocycles. The maximum absolute atomic E-state index is 13.6. The van der Waals surface area contributed by atoms with Crippen molar-refractivity contribution in [3.05, 3.63) is 53.9 Å². The standard InChI is InChI=1S/C12H11FN4S/c13-9-2-1-3-10(11(9)12(14)18)16-6-8-4-5-15-7-17-8/h1-5,7,16H,6H2,(H2,14,18). The third kappa shape index (κ3) is 2.78. The highest BCUT2D eigenvalue weighted by Crippen LogP contribution is 2.19. The normalized spacial score (nSPS) is 10.1. The van der Waals surface area contributed by atoms with Crippen molar-refractivity contribution in [1.29, 1.82) is 0 Å². The molecule has 0 amide bonds. The van der Waals surface area contributed by atoms with Crippen LogP contribution >= 0.6 is 12.2 Å². The largest absolute Gasteiger partial charge is 0.389 e. The monoisotopic (exact) mass is 262 g/mol. The molecule has 6 heteroatoms. The van der Waals surface area contributed by atoms with Crippen molar-refractivity contribution in [2.24, 2.45) is 5.73 Å². The van der Waals surface area contributed by atoms with Gasteiger partial charge in [-0.05, 0) is 18.2 Å². The van der Waals surface area contributed by atoms with E-state index in [1.807, 2.05) is 0 Å². The quantitative estimate of drug-likeness (QED) is 0.823. The molecule has 2 rings (SSSR count). The predicted octanol–water partition coefficient (Wildman–Crippen LogP) is 1.86. The molecule has 4 nitrogen and oxygen atoms in total. The molecule has 18 heavy (non-hydrogen) atoms. The molecule has 0 aliphatic rings. The number of anilines is 1. The van der Waals surface area contributed by atoms with Crippen LogP contribution in [-0.2, 0) is 6.54 Å². The topological polar surface area (TPSA) is 63.8 Å². The Morgan fingerprint density at radius 1 is 1.39 bits per heavy atom. The van der Waals surface area contributed by atoms with E-state index < -0.39 is 5.82 Å². The van der Waals surface area contributed by atoms with Crippen LogP contribution in [0.25, 0.3) is 0 Å². The number of hydrogen-bond donors (Lipinski definition) is 2. The highest BCUT2D eigenvalue weighted by atomic mass is 32.1. The van der Waals surface area contributed by atoms with Crippen LogP contribution in [0.2, 0.25) is 0 Å². The van der Waals surface area contributed by atoms with E-state index in [2.05, 4.69) is 15.3 Å². The molecule has 3 N–H and O–H groups in total. The van der Waals surface area contributed by atoms with Crippen LogP contribution in [-0.4, -0.2) is 15.0 Å². The minimum absolute atomic E-state index is 0.0262. The minimum atomic E-state index is -0.435. The number of hydrogen-bond acceptors (Lipinski definition) is 4. The van der Waals surface area contributed by atoms with Crippen LogP contribution < -0.4 is 11.1 Å². The fraction of sp³-hybridized carbons (Fsp3) is 0.0833. The van der Waals surface area contributed by atoms with Crippen LogP contribution in [0, 0.1) is 5.82 Å². The molecule has 0 spiro atoms. The molecule has 1 heterocycles. The molecule has 1 aromatic heterocycles. The number of nitrogens with two attached hydrogens (primary N) is 1. The van der Waals surface area contributed by atoms with Gasteiger partial charge >= 0.3 is 0 Å². The second-order valence-corrected chi connectivity index (χ2v) is 4.02. The summed E-state index contributed by atoms with van der Waals surface area (Å²) in [5.41, 5.74) is 7.09. The van der Waals surface area contributed by atoms with Crippen molar-refractivity contribution in [2.75, 3.05) is 5.32 Å². The number of aromatic nitrogens is 2. The van der Waals surface area contributed by atoms with E-state index in [1.165, 1.54) is 12.4 Å². The van der Waals surface area contributed by atoms with Gasteiger partial charge in [-0.25, -0.2) is 14.4 Å². The van der Waals surface area contributed by atoms with E-state index in [4.69, 9.17) is 18.0 Å². The fourth-order valence-electron chi connectivity index (χ4n) is 1.53. The molecular weight excluding hydrogens is 251 g/mol. The summed E-state index contributed by atoms with van der Waals surface area (Å²) >= 11 is 4.84. The molecule has 92 valence electrons. The van der Waals surface area contributed by atoms with E-state index in [1.54, 1.807) is 24.4 Å². The van der Waals surface area contributed by atoms with Gasteiger partial charge in [-0.3, -0.25) is 0 Å². The molecule has 2 aromatic rings. The first-order valence-corrected chi connectivity index (χ1v) is 5.66. The van der Waals surface area contributed by atoms with E-state index >= 15 is 0 Å². The molecule has 0 radical (unpaired) electrons. The van der Waals surface area contributed by atoms with Crippen molar-refractivity contribution >= 4 is 22.9 Å². The SMILES string of the molecule is NC(=S)c1c(F)cccc1NCc1ccncn1. The maximum atomic E-state index is 13.6. The molecule has 0 unspecified atom stereocenters. The second-order valence-electron chi connectivity index (χ2n) is 3.58. The highest BCUT2D eigenvalue weighted by Gasteiger charge is 2.10. The summed E-state index contributed by atoms with van der Waals surface area (Å²) in [7, 11) is 0. The lowest BCUT2D eigenvalue weighted by atomic mass is 10.1. The van der Waals surface area contributed by atoms with Gasteiger partial charge in [-0.15, -0.1) is 0 Å². The molecule has 0 atom stereocenters. The Morgan fingerprint density at radius 3 is 2.89 bits per heavy atom. The lowest BCUT2D eigenvalue weighted by Crippen LogP contribution is -2.15. The Labute approximate surface area is 109 Å². The second kappa shape index (κ2) is 5.50. The van der Waals surface area contributed by atoms with Crippen molar-refractivity contribution < 1.29 is 4.39 Å². The van der Waals surface area contributed by atoms with Crippen LogP contribution in [0.4, 0.5) is 10.1 Å². The zero-order chi connectivity index (χ0) is 13.0. The lowest BCUT2D eigenvalue weighted by molar-refractivity contribution is 0.626. The molecule has 0 fully saturated rings. The van der Waals surface area contributed by atoms with Gasteiger partial charge in [-0.2, -0.15) is 0 Å². The van der Waals surface area contributed by atoms with Crippen LogP contribution in [0.15, 0.2) is 36.8 Å². The van der Waals surface area contributed by atoms with Crippen molar-refractivity contribution in [3.63, 3.8) is 0 Å². The summed E-state index contributed by atoms with van der Waals surface area (Å²) < 4.78 is 13.6. The fourth-order valence-corrected chi connectivity index (χ4v) is 1.74.